The average Bonchev–Trinajstić information content (AvgIpc) is 1.89. The summed E-state index contributed by atoms with van der Waals surface area (Å²) in [6.45, 7) is 0. The molecule has 0 spiro atoms. The molecule has 10 heavy (non-hydrogen) atoms. The van der Waals surface area contributed by atoms with Gasteiger partial charge in [0.2, 0.25) is 0 Å². The van der Waals surface area contributed by atoms with Crippen LogP contribution in [0.25, 0.3) is 0 Å². The number of alkyl halides is 1. The van der Waals surface area contributed by atoms with Gasteiger partial charge in [-0.15, -0.1) is 11.6 Å². The molecule has 0 fully saturated rings. The Morgan fingerprint density at radius 3 is 2.70 bits per heavy atom. The molecule has 0 unspecified atom stereocenters. The van der Waals surface area contributed by atoms with Gasteiger partial charge in [-0.05, 0) is 23.3 Å². The van der Waals surface area contributed by atoms with Gasteiger partial charge in [-0.1, -0.05) is 28.7 Å². The van der Waals surface area contributed by atoms with Crippen LogP contribution in [0.4, 0.5) is 0 Å². The van der Waals surface area contributed by atoms with E-state index in [1.807, 2.05) is 4.08 Å². The first-order valence-corrected chi connectivity index (χ1v) is 5.10. The number of hydrogen-bond acceptors (Lipinski definition) is 1. The van der Waals surface area contributed by atoms with Crippen LogP contribution in [0, 0.1) is 0 Å². The summed E-state index contributed by atoms with van der Waals surface area (Å²) in [5.41, 5.74) is 0. The van der Waals surface area contributed by atoms with E-state index in [2.05, 4.69) is 22.6 Å². The number of unbranched alkanes of at least 4 members (excludes halogenated alkanes) is 1. The van der Waals surface area contributed by atoms with Crippen molar-refractivity contribution < 1.29 is 5.11 Å². The molecule has 0 rings (SSSR count). The average molecular weight is 275 g/mol. The minimum Gasteiger partial charge on any atom is -0.389 e. The molecule has 0 aliphatic rings. The topological polar surface area (TPSA) is 20.2 Å². The van der Waals surface area contributed by atoms with E-state index in [-0.39, 0.29) is 6.10 Å². The smallest absolute Gasteiger partial charge is 0.0728 e. The third kappa shape index (κ3) is 6.83. The van der Waals surface area contributed by atoms with Crippen LogP contribution < -0.4 is 0 Å². The zero-order valence-corrected chi connectivity index (χ0v) is 8.68. The first-order chi connectivity index (χ1) is 4.81. The van der Waals surface area contributed by atoms with Crippen LogP contribution in [0.3, 0.4) is 0 Å². The van der Waals surface area contributed by atoms with E-state index < -0.39 is 0 Å². The monoisotopic (exact) mass is 274 g/mol. The Morgan fingerprint density at radius 2 is 2.20 bits per heavy atom. The van der Waals surface area contributed by atoms with Gasteiger partial charge in [0.05, 0.1) is 6.10 Å². The highest BCUT2D eigenvalue weighted by Gasteiger charge is 1.96. The van der Waals surface area contributed by atoms with Gasteiger partial charge in [0, 0.05) is 5.88 Å². The standard InChI is InChI=1S/C7H12ClIO/c8-5-2-1-3-7(10)4-6-9/h4,6-7,10H,1-3,5H2/b6-4+/t7-/m0/s1. The van der Waals surface area contributed by atoms with Crippen LogP contribution in [-0.4, -0.2) is 17.1 Å². The SMILES string of the molecule is O[C@H](/C=C/I)CCCCCl. The van der Waals surface area contributed by atoms with Crippen molar-refractivity contribution in [1.29, 1.82) is 0 Å². The summed E-state index contributed by atoms with van der Waals surface area (Å²) >= 11 is 7.56. The summed E-state index contributed by atoms with van der Waals surface area (Å²) in [6.07, 6.45) is 4.33. The molecule has 1 nitrogen and oxygen atoms in total. The third-order valence-electron chi connectivity index (χ3n) is 1.18. The van der Waals surface area contributed by atoms with Gasteiger partial charge in [0.1, 0.15) is 0 Å². The Balaban J connectivity index is 3.13. The summed E-state index contributed by atoms with van der Waals surface area (Å²) in [5, 5.41) is 9.14. The fourth-order valence-corrected chi connectivity index (χ4v) is 1.30. The van der Waals surface area contributed by atoms with Crippen molar-refractivity contribution in [2.45, 2.75) is 25.4 Å². The Morgan fingerprint density at radius 1 is 1.50 bits per heavy atom. The van der Waals surface area contributed by atoms with E-state index in [1.54, 1.807) is 6.08 Å². The molecule has 1 atom stereocenters. The van der Waals surface area contributed by atoms with E-state index in [4.69, 9.17) is 16.7 Å². The summed E-state index contributed by atoms with van der Waals surface area (Å²) < 4.78 is 1.84. The van der Waals surface area contributed by atoms with E-state index in [0.29, 0.717) is 5.88 Å². The molecule has 0 amide bonds. The maximum atomic E-state index is 9.14. The molecule has 1 N–H and O–H groups in total. The van der Waals surface area contributed by atoms with Crippen LogP contribution >= 0.6 is 34.2 Å². The van der Waals surface area contributed by atoms with Crippen molar-refractivity contribution in [2.75, 3.05) is 5.88 Å². The Labute approximate surface area is 80.6 Å². The molecular formula is C7H12ClIO. The maximum absolute atomic E-state index is 9.14. The highest BCUT2D eigenvalue weighted by molar-refractivity contribution is 14.1. The van der Waals surface area contributed by atoms with Crippen molar-refractivity contribution in [1.82, 2.24) is 0 Å². The molecule has 0 radical (unpaired) electrons. The lowest BCUT2D eigenvalue weighted by molar-refractivity contribution is 0.209. The molecule has 0 aromatic rings. The van der Waals surface area contributed by atoms with Gasteiger partial charge in [-0.25, -0.2) is 0 Å². The lowest BCUT2D eigenvalue weighted by Gasteiger charge is -2.01. The molecule has 3 heteroatoms. The second-order valence-electron chi connectivity index (χ2n) is 2.07. The van der Waals surface area contributed by atoms with Crippen molar-refractivity contribution in [3.05, 3.63) is 10.2 Å². The minimum absolute atomic E-state index is 0.278. The lowest BCUT2D eigenvalue weighted by atomic mass is 10.2. The quantitative estimate of drug-likeness (QED) is 0.464. The fraction of sp³-hybridized carbons (Fsp3) is 0.714. The van der Waals surface area contributed by atoms with Crippen LogP contribution in [-0.2, 0) is 0 Å². The zero-order valence-electron chi connectivity index (χ0n) is 5.76. The molecule has 0 saturated heterocycles. The first kappa shape index (κ1) is 10.7. The number of aliphatic hydroxyl groups excluding tert-OH is 1. The van der Waals surface area contributed by atoms with Gasteiger partial charge in [-0.3, -0.25) is 0 Å². The first-order valence-electron chi connectivity index (χ1n) is 3.32. The zero-order chi connectivity index (χ0) is 7.82. The lowest BCUT2D eigenvalue weighted by Crippen LogP contribution is -2.00. The van der Waals surface area contributed by atoms with Crippen molar-refractivity contribution in [2.24, 2.45) is 0 Å². The molecule has 60 valence electrons. The predicted octanol–water partition coefficient (Wildman–Crippen LogP) is 2.71. The van der Waals surface area contributed by atoms with Crippen molar-refractivity contribution in [3.63, 3.8) is 0 Å². The van der Waals surface area contributed by atoms with E-state index >= 15 is 0 Å². The molecule has 0 heterocycles. The molecule has 0 bridgehead atoms. The predicted molar refractivity (Wildman–Crippen MR) is 53.7 cm³/mol. The molecule has 0 aromatic carbocycles. The molecule has 0 aromatic heterocycles. The Kier molecular flexibility index (Phi) is 8.39. The second-order valence-corrected chi connectivity index (χ2v) is 3.17. The van der Waals surface area contributed by atoms with Crippen LogP contribution in [0.5, 0.6) is 0 Å². The molecule has 0 saturated carbocycles. The van der Waals surface area contributed by atoms with E-state index in [0.717, 1.165) is 19.3 Å². The van der Waals surface area contributed by atoms with Crippen LogP contribution in [0.2, 0.25) is 0 Å². The number of aliphatic hydroxyl groups is 1. The number of hydrogen-bond donors (Lipinski definition) is 1. The van der Waals surface area contributed by atoms with Crippen molar-refractivity contribution >= 4 is 34.2 Å². The summed E-state index contributed by atoms with van der Waals surface area (Å²) in [4.78, 5) is 0. The van der Waals surface area contributed by atoms with Crippen LogP contribution in [0.1, 0.15) is 19.3 Å². The summed E-state index contributed by atoms with van der Waals surface area (Å²) in [6, 6.07) is 0. The van der Waals surface area contributed by atoms with Gasteiger partial charge < -0.3 is 5.11 Å². The van der Waals surface area contributed by atoms with Gasteiger partial charge in [0.25, 0.3) is 0 Å². The minimum atomic E-state index is -0.278. The normalized spacial score (nSPS) is 14.3. The van der Waals surface area contributed by atoms with E-state index in [1.165, 1.54) is 0 Å². The maximum Gasteiger partial charge on any atom is 0.0728 e. The Hall–Kier alpha value is 0.720. The summed E-state index contributed by atoms with van der Waals surface area (Å²) in [5.74, 6) is 0.695. The highest BCUT2D eigenvalue weighted by atomic mass is 127. The largest absolute Gasteiger partial charge is 0.389 e. The second kappa shape index (κ2) is 7.82. The highest BCUT2D eigenvalue weighted by Crippen LogP contribution is 2.03. The van der Waals surface area contributed by atoms with Crippen LogP contribution in [0.15, 0.2) is 10.2 Å². The third-order valence-corrected chi connectivity index (χ3v) is 1.86. The molecule has 0 aliphatic carbocycles. The van der Waals surface area contributed by atoms with Gasteiger partial charge in [-0.2, -0.15) is 0 Å². The molecular weight excluding hydrogens is 262 g/mol. The van der Waals surface area contributed by atoms with Gasteiger partial charge >= 0.3 is 0 Å². The Bertz CT molecular complexity index is 95.6. The number of rotatable bonds is 5. The van der Waals surface area contributed by atoms with Gasteiger partial charge in [0.15, 0.2) is 0 Å². The van der Waals surface area contributed by atoms with Crippen molar-refractivity contribution in [3.8, 4) is 0 Å². The summed E-state index contributed by atoms with van der Waals surface area (Å²) in [7, 11) is 0. The molecule has 0 aliphatic heterocycles. The number of halogens is 2. The fourth-order valence-electron chi connectivity index (χ4n) is 0.628. The van der Waals surface area contributed by atoms with E-state index in [9.17, 15) is 0 Å².